The summed E-state index contributed by atoms with van der Waals surface area (Å²) in [6.07, 6.45) is 0.860. The lowest BCUT2D eigenvalue weighted by Crippen LogP contribution is -2.53. The fourth-order valence-electron chi connectivity index (χ4n) is 4.01. The molecule has 0 bridgehead atoms. The number of hydrogen-bond acceptors (Lipinski definition) is 6. The molecule has 32 heavy (non-hydrogen) atoms. The third-order valence-electron chi connectivity index (χ3n) is 6.34. The lowest BCUT2D eigenvalue weighted by atomic mass is 9.98. The number of carbonyl (C=O) groups excluding carboxylic acids is 1. The third-order valence-corrected chi connectivity index (χ3v) is 7.33. The maximum Gasteiger partial charge on any atom is 0.237 e. The molecule has 1 amide bonds. The van der Waals surface area contributed by atoms with Crippen LogP contribution >= 0.6 is 11.3 Å². The van der Waals surface area contributed by atoms with Crippen molar-refractivity contribution < 1.29 is 19.4 Å². The van der Waals surface area contributed by atoms with Crippen molar-refractivity contribution in [2.24, 2.45) is 0 Å². The molecule has 0 radical (unpaired) electrons. The van der Waals surface area contributed by atoms with Crippen LogP contribution in [0.2, 0.25) is 0 Å². The number of amides is 1. The Morgan fingerprint density at radius 1 is 1.31 bits per heavy atom. The van der Waals surface area contributed by atoms with Gasteiger partial charge >= 0.3 is 0 Å². The van der Waals surface area contributed by atoms with Gasteiger partial charge in [0.1, 0.15) is 12.4 Å². The van der Waals surface area contributed by atoms with Gasteiger partial charge in [-0.1, -0.05) is 17.7 Å². The second-order valence-electron chi connectivity index (χ2n) is 9.07. The second-order valence-corrected chi connectivity index (χ2v) is 10.1. The van der Waals surface area contributed by atoms with E-state index in [-0.39, 0.29) is 24.5 Å². The van der Waals surface area contributed by atoms with Gasteiger partial charge in [-0.05, 0) is 63.3 Å². The number of rotatable bonds is 10. The van der Waals surface area contributed by atoms with Crippen molar-refractivity contribution in [3.8, 4) is 5.75 Å². The van der Waals surface area contributed by atoms with Crippen LogP contribution in [0.15, 0.2) is 35.7 Å². The van der Waals surface area contributed by atoms with Crippen molar-refractivity contribution in [1.29, 1.82) is 0 Å². The molecule has 2 heterocycles. The van der Waals surface area contributed by atoms with Gasteiger partial charge in [0.25, 0.3) is 0 Å². The van der Waals surface area contributed by atoms with E-state index in [1.165, 1.54) is 16.0 Å². The van der Waals surface area contributed by atoms with Crippen molar-refractivity contribution in [3.05, 3.63) is 51.7 Å². The molecule has 0 unspecified atom stereocenters. The van der Waals surface area contributed by atoms with E-state index in [9.17, 15) is 9.90 Å². The minimum Gasteiger partial charge on any atom is -0.491 e. The molecule has 0 saturated heterocycles. The molecule has 0 aliphatic carbocycles. The molecule has 0 spiro atoms. The van der Waals surface area contributed by atoms with Gasteiger partial charge in [0.2, 0.25) is 5.91 Å². The van der Waals surface area contributed by atoms with Gasteiger partial charge in [0.05, 0.1) is 24.8 Å². The molecule has 0 saturated carbocycles. The first-order valence-electron chi connectivity index (χ1n) is 11.2. The smallest absolute Gasteiger partial charge is 0.237 e. The summed E-state index contributed by atoms with van der Waals surface area (Å²) in [5.41, 5.74) is 1.44. The summed E-state index contributed by atoms with van der Waals surface area (Å²) in [5, 5.41) is 12.6. The van der Waals surface area contributed by atoms with E-state index in [0.717, 1.165) is 12.2 Å². The lowest BCUT2D eigenvalue weighted by molar-refractivity contribution is -0.138. The van der Waals surface area contributed by atoms with Gasteiger partial charge in [-0.2, -0.15) is 0 Å². The molecule has 7 heteroatoms. The van der Waals surface area contributed by atoms with E-state index in [1.807, 2.05) is 47.9 Å². The molecule has 0 fully saturated rings. The van der Waals surface area contributed by atoms with E-state index in [1.54, 1.807) is 32.3 Å². The fourth-order valence-corrected chi connectivity index (χ4v) is 4.94. The van der Waals surface area contributed by atoms with Crippen LogP contribution in [-0.4, -0.2) is 72.4 Å². The predicted molar refractivity (Wildman–Crippen MR) is 128 cm³/mol. The number of nitrogens with zero attached hydrogens (tertiary/aromatic N) is 2. The Morgan fingerprint density at radius 3 is 2.69 bits per heavy atom. The molecule has 6 nitrogen and oxygen atoms in total. The van der Waals surface area contributed by atoms with Crippen LogP contribution in [0.25, 0.3) is 0 Å². The van der Waals surface area contributed by atoms with Crippen LogP contribution in [0.5, 0.6) is 5.75 Å². The maximum atomic E-state index is 13.5. The second kappa shape index (κ2) is 10.8. The number of fused-ring (bicyclic) bond motifs is 1. The fraction of sp³-hybridized carbons (Fsp3) is 0.560. The van der Waals surface area contributed by atoms with Crippen molar-refractivity contribution in [3.63, 3.8) is 0 Å². The molecule has 2 aromatic rings. The average Bonchev–Trinajstić information content (AvgIpc) is 3.24. The van der Waals surface area contributed by atoms with Crippen LogP contribution in [-0.2, 0) is 16.0 Å². The normalized spacial score (nSPS) is 17.3. The Hall–Kier alpha value is -1.93. The van der Waals surface area contributed by atoms with Crippen LogP contribution in [0.3, 0.4) is 0 Å². The summed E-state index contributed by atoms with van der Waals surface area (Å²) in [7, 11) is 1.65. The Kier molecular flexibility index (Phi) is 8.33. The highest BCUT2D eigenvalue weighted by atomic mass is 32.1. The summed E-state index contributed by atoms with van der Waals surface area (Å²) >= 11 is 1.75. The van der Waals surface area contributed by atoms with E-state index in [4.69, 9.17) is 9.47 Å². The van der Waals surface area contributed by atoms with Gasteiger partial charge in [0, 0.05) is 31.1 Å². The summed E-state index contributed by atoms with van der Waals surface area (Å²) in [6.45, 7) is 9.95. The number of carbonyl (C=O) groups is 1. The van der Waals surface area contributed by atoms with E-state index < -0.39 is 5.60 Å². The minimum atomic E-state index is -0.926. The number of hydrogen-bond donors (Lipinski definition) is 1. The molecule has 1 aromatic carbocycles. The quantitative estimate of drug-likeness (QED) is 0.586. The van der Waals surface area contributed by atoms with Crippen LogP contribution in [0.4, 0.5) is 0 Å². The molecule has 3 rings (SSSR count). The first kappa shape index (κ1) is 24.7. The predicted octanol–water partition coefficient (Wildman–Crippen LogP) is 3.67. The Morgan fingerprint density at radius 2 is 2.03 bits per heavy atom. The first-order chi connectivity index (χ1) is 15.2. The summed E-state index contributed by atoms with van der Waals surface area (Å²) in [6, 6.07) is 9.80. The number of benzene rings is 1. The largest absolute Gasteiger partial charge is 0.491 e. The van der Waals surface area contributed by atoms with E-state index >= 15 is 0 Å². The van der Waals surface area contributed by atoms with E-state index in [2.05, 4.69) is 11.4 Å². The van der Waals surface area contributed by atoms with Crippen molar-refractivity contribution >= 4 is 17.2 Å². The topological polar surface area (TPSA) is 62.2 Å². The van der Waals surface area contributed by atoms with Gasteiger partial charge in [-0.15, -0.1) is 11.3 Å². The van der Waals surface area contributed by atoms with Crippen LogP contribution in [0, 0.1) is 6.92 Å². The SMILES string of the molecule is COCCN(CC(=O)N1CCc2sccc2[C@@H]1COc1ccc(C)cc1)[C@@H](C)C(C)(C)O. The van der Waals surface area contributed by atoms with Crippen molar-refractivity contribution in [2.75, 3.05) is 40.0 Å². The zero-order chi connectivity index (χ0) is 23.3. The molecule has 1 N–H and O–H groups in total. The van der Waals surface area contributed by atoms with E-state index in [0.29, 0.717) is 26.3 Å². The van der Waals surface area contributed by atoms with Crippen molar-refractivity contribution in [2.45, 2.75) is 51.8 Å². The third kappa shape index (κ3) is 6.10. The Labute approximate surface area is 195 Å². The molecule has 1 aromatic heterocycles. The maximum absolute atomic E-state index is 13.5. The monoisotopic (exact) mass is 460 g/mol. The zero-order valence-corrected chi connectivity index (χ0v) is 20.7. The van der Waals surface area contributed by atoms with Gasteiger partial charge < -0.3 is 19.5 Å². The highest BCUT2D eigenvalue weighted by Gasteiger charge is 2.35. The highest BCUT2D eigenvalue weighted by molar-refractivity contribution is 7.10. The number of methoxy groups -OCH3 is 1. The van der Waals surface area contributed by atoms with Gasteiger partial charge in [-0.3, -0.25) is 9.69 Å². The first-order valence-corrected chi connectivity index (χ1v) is 12.1. The van der Waals surface area contributed by atoms with Crippen LogP contribution < -0.4 is 4.74 Å². The number of ether oxygens (including phenoxy) is 2. The summed E-state index contributed by atoms with van der Waals surface area (Å²) in [5.74, 6) is 0.856. The number of thiophene rings is 1. The van der Waals surface area contributed by atoms with Crippen LogP contribution in [0.1, 0.15) is 42.8 Å². The lowest BCUT2D eigenvalue weighted by Gasteiger charge is -2.40. The van der Waals surface area contributed by atoms with Crippen molar-refractivity contribution in [1.82, 2.24) is 9.80 Å². The summed E-state index contributed by atoms with van der Waals surface area (Å²) < 4.78 is 11.4. The van der Waals surface area contributed by atoms with Gasteiger partial charge in [-0.25, -0.2) is 0 Å². The molecule has 1 aliphatic heterocycles. The molecular weight excluding hydrogens is 424 g/mol. The standard InChI is InChI=1S/C25H36N2O4S/c1-18-6-8-20(9-7-18)31-17-22-21-11-15-32-23(21)10-12-27(22)24(28)16-26(13-14-30-5)19(2)25(3,4)29/h6-9,11,15,19,22,29H,10,12-14,16-17H2,1-5H3/t19-,22-/m0/s1. The molecule has 2 atom stereocenters. The minimum absolute atomic E-state index is 0.0477. The van der Waals surface area contributed by atoms with Gasteiger partial charge in [0.15, 0.2) is 0 Å². The number of aliphatic hydroxyl groups is 1. The summed E-state index contributed by atoms with van der Waals surface area (Å²) in [4.78, 5) is 18.8. The number of aryl methyl sites for hydroxylation is 1. The Balaban J connectivity index is 1.76. The average molecular weight is 461 g/mol. The molecule has 176 valence electrons. The zero-order valence-electron chi connectivity index (χ0n) is 19.8. The molecular formula is C25H36N2O4S. The molecule has 1 aliphatic rings. The highest BCUT2D eigenvalue weighted by Crippen LogP contribution is 2.34. The Bertz CT molecular complexity index is 875.